The minimum absolute atomic E-state index is 0.132. The fourth-order valence-electron chi connectivity index (χ4n) is 2.73. The van der Waals surface area contributed by atoms with Crippen LogP contribution >= 0.6 is 0 Å². The zero-order valence-electron chi connectivity index (χ0n) is 11.0. The molecule has 0 radical (unpaired) electrons. The van der Waals surface area contributed by atoms with Gasteiger partial charge in [-0.1, -0.05) is 13.8 Å². The van der Waals surface area contributed by atoms with Crippen molar-refractivity contribution in [2.24, 2.45) is 5.92 Å². The number of carboxylic acids is 1. The third-order valence-corrected chi connectivity index (χ3v) is 3.61. The van der Waals surface area contributed by atoms with Crippen molar-refractivity contribution in [3.8, 4) is 0 Å². The van der Waals surface area contributed by atoms with Gasteiger partial charge in [0.1, 0.15) is 5.69 Å². The molecular weight excluding hydrogens is 228 g/mol. The third kappa shape index (κ3) is 2.88. The fraction of sp³-hybridized carbons (Fsp3) is 0.571. The Balaban J connectivity index is 2.09. The van der Waals surface area contributed by atoms with E-state index in [4.69, 9.17) is 5.11 Å². The van der Waals surface area contributed by atoms with Gasteiger partial charge in [0, 0.05) is 18.8 Å². The molecule has 1 aromatic heterocycles. The Labute approximate surface area is 108 Å². The smallest absolute Gasteiger partial charge is 0.354 e. The molecule has 0 aliphatic carbocycles. The zero-order chi connectivity index (χ0) is 13.1. The van der Waals surface area contributed by atoms with Gasteiger partial charge in [-0.3, -0.25) is 4.90 Å². The number of nitrogens with zero attached hydrogens (tertiary/aromatic N) is 2. The highest BCUT2D eigenvalue weighted by Crippen LogP contribution is 2.25. The van der Waals surface area contributed by atoms with Crippen molar-refractivity contribution in [2.75, 3.05) is 6.54 Å². The lowest BCUT2D eigenvalue weighted by molar-refractivity contribution is 0.0690. The molecule has 1 fully saturated rings. The van der Waals surface area contributed by atoms with Crippen LogP contribution in [-0.4, -0.2) is 33.5 Å². The highest BCUT2D eigenvalue weighted by molar-refractivity contribution is 5.85. The van der Waals surface area contributed by atoms with Crippen LogP contribution in [-0.2, 0) is 6.54 Å². The maximum absolute atomic E-state index is 10.9. The molecule has 0 amide bonds. The molecular formula is C14H20N2O2. The van der Waals surface area contributed by atoms with Crippen molar-refractivity contribution in [2.45, 2.75) is 39.3 Å². The summed E-state index contributed by atoms with van der Waals surface area (Å²) in [5.74, 6) is -0.313. The lowest BCUT2D eigenvalue weighted by Gasteiger charge is -2.27. The number of rotatable bonds is 4. The van der Waals surface area contributed by atoms with Crippen LogP contribution in [0.5, 0.6) is 0 Å². The van der Waals surface area contributed by atoms with Crippen LogP contribution < -0.4 is 0 Å². The van der Waals surface area contributed by atoms with E-state index in [0.29, 0.717) is 12.0 Å². The summed E-state index contributed by atoms with van der Waals surface area (Å²) in [6.45, 7) is 6.43. The summed E-state index contributed by atoms with van der Waals surface area (Å²) in [7, 11) is 0. The molecule has 0 bridgehead atoms. The Morgan fingerprint density at radius 3 is 3.06 bits per heavy atom. The molecule has 98 valence electrons. The second-order valence-electron chi connectivity index (χ2n) is 5.28. The first-order chi connectivity index (χ1) is 8.58. The lowest BCUT2D eigenvalue weighted by Crippen LogP contribution is -2.32. The summed E-state index contributed by atoms with van der Waals surface area (Å²) in [6, 6.07) is 4.20. The topological polar surface area (TPSA) is 53.4 Å². The summed E-state index contributed by atoms with van der Waals surface area (Å²) in [5, 5.41) is 8.93. The third-order valence-electron chi connectivity index (χ3n) is 3.61. The van der Waals surface area contributed by atoms with Crippen molar-refractivity contribution < 1.29 is 9.90 Å². The van der Waals surface area contributed by atoms with Gasteiger partial charge in [-0.15, -0.1) is 0 Å². The maximum atomic E-state index is 10.9. The van der Waals surface area contributed by atoms with Gasteiger partial charge in [0.05, 0.1) is 0 Å². The number of carboxylic acid groups (broad SMARTS) is 1. The Kier molecular flexibility index (Phi) is 3.97. The van der Waals surface area contributed by atoms with Crippen LogP contribution in [0.25, 0.3) is 0 Å². The molecule has 18 heavy (non-hydrogen) atoms. The summed E-state index contributed by atoms with van der Waals surface area (Å²) in [6.07, 6.45) is 4.06. The largest absolute Gasteiger partial charge is 0.477 e. The number of carbonyl (C=O) groups is 1. The minimum atomic E-state index is -0.960. The molecule has 1 saturated heterocycles. The van der Waals surface area contributed by atoms with Gasteiger partial charge in [-0.25, -0.2) is 9.78 Å². The van der Waals surface area contributed by atoms with E-state index in [-0.39, 0.29) is 5.69 Å². The fourth-order valence-corrected chi connectivity index (χ4v) is 2.73. The number of aromatic carboxylic acids is 1. The van der Waals surface area contributed by atoms with Crippen LogP contribution in [0, 0.1) is 5.92 Å². The molecule has 4 heteroatoms. The van der Waals surface area contributed by atoms with Crippen LogP contribution in [0.2, 0.25) is 0 Å². The molecule has 1 aromatic rings. The van der Waals surface area contributed by atoms with Crippen LogP contribution in [0.3, 0.4) is 0 Å². The summed E-state index contributed by atoms with van der Waals surface area (Å²) >= 11 is 0. The summed E-state index contributed by atoms with van der Waals surface area (Å²) in [4.78, 5) is 17.2. The first-order valence-electron chi connectivity index (χ1n) is 6.50. The summed E-state index contributed by atoms with van der Waals surface area (Å²) in [5.41, 5.74) is 1.17. The molecule has 4 nitrogen and oxygen atoms in total. The second kappa shape index (κ2) is 5.48. The van der Waals surface area contributed by atoms with Gasteiger partial charge in [0.2, 0.25) is 0 Å². The number of aromatic nitrogens is 1. The SMILES string of the molecule is CC(C)C1CCCN1Cc1ccnc(C(=O)O)c1. The van der Waals surface area contributed by atoms with Crippen molar-refractivity contribution in [1.29, 1.82) is 0 Å². The number of hydrogen-bond donors (Lipinski definition) is 1. The molecule has 0 spiro atoms. The molecule has 1 atom stereocenters. The van der Waals surface area contributed by atoms with Gasteiger partial charge in [-0.05, 0) is 43.0 Å². The highest BCUT2D eigenvalue weighted by Gasteiger charge is 2.26. The molecule has 1 N–H and O–H groups in total. The number of pyridine rings is 1. The molecule has 0 saturated carbocycles. The molecule has 1 aliphatic rings. The van der Waals surface area contributed by atoms with Crippen molar-refractivity contribution in [3.63, 3.8) is 0 Å². The average molecular weight is 248 g/mol. The van der Waals surface area contributed by atoms with Crippen molar-refractivity contribution in [3.05, 3.63) is 29.6 Å². The number of likely N-dealkylation sites (tertiary alicyclic amines) is 1. The van der Waals surface area contributed by atoms with E-state index >= 15 is 0 Å². The predicted molar refractivity (Wildman–Crippen MR) is 69.5 cm³/mol. The van der Waals surface area contributed by atoms with Gasteiger partial charge in [0.15, 0.2) is 0 Å². The van der Waals surface area contributed by atoms with Crippen LogP contribution in [0.15, 0.2) is 18.3 Å². The molecule has 0 aromatic carbocycles. The number of hydrogen-bond acceptors (Lipinski definition) is 3. The molecule has 2 rings (SSSR count). The van der Waals surface area contributed by atoms with E-state index in [9.17, 15) is 4.79 Å². The highest BCUT2D eigenvalue weighted by atomic mass is 16.4. The van der Waals surface area contributed by atoms with E-state index in [0.717, 1.165) is 18.7 Å². The van der Waals surface area contributed by atoms with Gasteiger partial charge in [0.25, 0.3) is 0 Å². The molecule has 1 aliphatic heterocycles. The summed E-state index contributed by atoms with van der Waals surface area (Å²) < 4.78 is 0. The first kappa shape index (κ1) is 13.0. The quantitative estimate of drug-likeness (QED) is 0.889. The Morgan fingerprint density at radius 1 is 1.61 bits per heavy atom. The second-order valence-corrected chi connectivity index (χ2v) is 5.28. The van der Waals surface area contributed by atoms with Crippen LogP contribution in [0.4, 0.5) is 0 Å². The Bertz CT molecular complexity index is 432. The Morgan fingerprint density at radius 2 is 2.39 bits per heavy atom. The van der Waals surface area contributed by atoms with E-state index in [1.807, 2.05) is 6.07 Å². The average Bonchev–Trinajstić information content (AvgIpc) is 2.77. The molecule has 1 unspecified atom stereocenters. The van der Waals surface area contributed by atoms with E-state index in [2.05, 4.69) is 23.7 Å². The monoisotopic (exact) mass is 248 g/mol. The minimum Gasteiger partial charge on any atom is -0.477 e. The van der Waals surface area contributed by atoms with Crippen LogP contribution in [0.1, 0.15) is 42.7 Å². The van der Waals surface area contributed by atoms with E-state index in [1.165, 1.54) is 12.8 Å². The predicted octanol–water partition coefficient (Wildman–Crippen LogP) is 2.40. The van der Waals surface area contributed by atoms with Crippen molar-refractivity contribution >= 4 is 5.97 Å². The van der Waals surface area contributed by atoms with E-state index in [1.54, 1.807) is 12.3 Å². The van der Waals surface area contributed by atoms with Gasteiger partial charge < -0.3 is 5.11 Å². The standard InChI is InChI=1S/C14H20N2O2/c1-10(2)13-4-3-7-16(13)9-11-5-6-15-12(8-11)14(17)18/h5-6,8,10,13H,3-4,7,9H2,1-2H3,(H,17,18). The van der Waals surface area contributed by atoms with E-state index < -0.39 is 5.97 Å². The van der Waals surface area contributed by atoms with Gasteiger partial charge in [-0.2, -0.15) is 0 Å². The maximum Gasteiger partial charge on any atom is 0.354 e. The normalized spacial score (nSPS) is 20.5. The lowest BCUT2D eigenvalue weighted by atomic mass is 10.0. The Hall–Kier alpha value is -1.42. The van der Waals surface area contributed by atoms with Gasteiger partial charge >= 0.3 is 5.97 Å². The van der Waals surface area contributed by atoms with Crippen molar-refractivity contribution in [1.82, 2.24) is 9.88 Å². The zero-order valence-corrected chi connectivity index (χ0v) is 11.0. The first-order valence-corrected chi connectivity index (χ1v) is 6.50. The molecule has 2 heterocycles.